The molecule has 0 aliphatic rings. The lowest BCUT2D eigenvalue weighted by atomic mass is 10.0. The molecule has 0 N–H and O–H groups in total. The highest BCUT2D eigenvalue weighted by Crippen LogP contribution is 2.14. The van der Waals surface area contributed by atoms with E-state index in [1.54, 1.807) is 0 Å². The summed E-state index contributed by atoms with van der Waals surface area (Å²) in [7, 11) is 0. The van der Waals surface area contributed by atoms with Crippen LogP contribution in [-0.2, 0) is 17.2 Å². The molecule has 0 saturated heterocycles. The normalized spacial score (nSPS) is 11.0. The van der Waals surface area contributed by atoms with E-state index in [9.17, 15) is 9.59 Å². The van der Waals surface area contributed by atoms with Crippen molar-refractivity contribution in [2.45, 2.75) is 194 Å². The Morgan fingerprint density at radius 3 is 0.838 bits per heavy atom. The Kier molecular flexibility index (Phi) is 31.2. The summed E-state index contributed by atoms with van der Waals surface area (Å²) in [6.45, 7) is 4.53. The molecule has 0 heterocycles. The van der Waals surface area contributed by atoms with Gasteiger partial charge in [0.1, 0.15) is 0 Å². The van der Waals surface area contributed by atoms with Crippen LogP contribution in [0.25, 0.3) is 0 Å². The lowest BCUT2D eigenvalue weighted by Gasteiger charge is -2.07. The summed E-state index contributed by atoms with van der Waals surface area (Å²) < 4.78 is 10.3. The van der Waals surface area contributed by atoms with E-state index in [-0.39, 0.29) is 11.9 Å². The van der Waals surface area contributed by atoms with Crippen LogP contribution in [0.4, 0.5) is 0 Å². The Morgan fingerprint density at radius 1 is 0.378 bits per heavy atom. The van der Waals surface area contributed by atoms with Crippen LogP contribution >= 0.6 is 0 Å². The van der Waals surface area contributed by atoms with Crippen LogP contribution in [0, 0.1) is 0 Å². The molecule has 0 aromatic carbocycles. The first-order valence-electron chi connectivity index (χ1n) is 16.4. The Morgan fingerprint density at radius 2 is 0.595 bits per heavy atom. The molecule has 0 aliphatic carbocycles. The number of carbonyl (C=O) groups excluding carboxylic acids is 2. The van der Waals surface area contributed by atoms with Crippen LogP contribution in [0.15, 0.2) is 0 Å². The van der Waals surface area contributed by atoms with Gasteiger partial charge in [-0.25, -0.2) is 0 Å². The van der Waals surface area contributed by atoms with Crippen molar-refractivity contribution in [3.8, 4) is 0 Å². The largest absolute Gasteiger partial charge is 0.885 e. The van der Waals surface area contributed by atoms with Gasteiger partial charge in [-0.2, -0.15) is 0 Å². The maximum atomic E-state index is 11.8. The third-order valence-corrected chi connectivity index (χ3v) is 8.05. The standard InChI is InChI=1S/C18H36O2.C14H28O2.Al/c1-2-3-4-5-6-7-8-9-10-11-12-13-14-15-16-17-18(19)20;1-2-3-4-5-6-7-8-9-10-11-12-13-14(15)16;/h2-17H2,1H3,(H,19,20);2-13H2,1H3,(H,15,16);/q;;+2/p-2. The van der Waals surface area contributed by atoms with Crippen molar-refractivity contribution < 1.29 is 17.2 Å². The quantitative estimate of drug-likeness (QED) is 0.0675. The van der Waals surface area contributed by atoms with Crippen LogP contribution < -0.4 is 0 Å². The minimum Gasteiger partial charge on any atom is -0.589 e. The zero-order valence-corrected chi connectivity index (χ0v) is 26.2. The van der Waals surface area contributed by atoms with Gasteiger partial charge in [0.15, 0.2) is 0 Å². The van der Waals surface area contributed by atoms with Crippen molar-refractivity contribution in [2.24, 2.45) is 0 Å². The Labute approximate surface area is 238 Å². The van der Waals surface area contributed by atoms with Crippen molar-refractivity contribution >= 4 is 27.8 Å². The molecule has 5 heteroatoms. The molecule has 0 aliphatic heterocycles. The van der Waals surface area contributed by atoms with Gasteiger partial charge in [0.2, 0.25) is 0 Å². The summed E-state index contributed by atoms with van der Waals surface area (Å²) in [6.07, 6.45) is 34.5. The van der Waals surface area contributed by atoms with E-state index in [1.807, 2.05) is 0 Å². The molecule has 0 rings (SSSR count). The minimum absolute atomic E-state index is 0.216. The molecule has 0 unspecified atom stereocenters. The number of rotatable bonds is 30. The molecule has 0 aromatic heterocycles. The SMILES string of the molecule is CCCCCCCCCCCCCCCCCC(=O)[O][Al][O]C(=O)CCCCCCCCCCCCC. The van der Waals surface area contributed by atoms with Crippen LogP contribution in [0.1, 0.15) is 194 Å². The predicted molar refractivity (Wildman–Crippen MR) is 159 cm³/mol. The van der Waals surface area contributed by atoms with Crippen LogP contribution in [0.5, 0.6) is 0 Å². The molecule has 0 aromatic rings. The van der Waals surface area contributed by atoms with Crippen molar-refractivity contribution in [2.75, 3.05) is 0 Å². The molecule has 4 nitrogen and oxygen atoms in total. The molecule has 0 atom stereocenters. The van der Waals surface area contributed by atoms with E-state index in [4.69, 9.17) is 7.58 Å². The highest BCUT2D eigenvalue weighted by molar-refractivity contribution is 6.25. The monoisotopic (exact) mass is 537 g/mol. The maximum absolute atomic E-state index is 11.8. The molecule has 217 valence electrons. The number of hydrogen-bond acceptors (Lipinski definition) is 4. The lowest BCUT2D eigenvalue weighted by Crippen LogP contribution is -2.15. The zero-order valence-electron chi connectivity index (χ0n) is 25.0. The Hall–Kier alpha value is -0.528. The number of hydrogen-bond donors (Lipinski definition) is 0. The third-order valence-electron chi connectivity index (χ3n) is 7.33. The van der Waals surface area contributed by atoms with Gasteiger partial charge in [-0.05, 0) is 12.8 Å². The third kappa shape index (κ3) is 31.6. The predicted octanol–water partition coefficient (Wildman–Crippen LogP) is 10.6. The van der Waals surface area contributed by atoms with Crippen molar-refractivity contribution in [3.63, 3.8) is 0 Å². The maximum Gasteiger partial charge on any atom is 0.885 e. The fraction of sp³-hybridized carbons (Fsp3) is 0.938. The van der Waals surface area contributed by atoms with Gasteiger partial charge in [0, 0.05) is 12.8 Å². The number of unbranched alkanes of at least 4 members (excludes halogenated alkanes) is 24. The molecule has 1 radical (unpaired) electrons. The Bertz CT molecular complexity index is 483. The van der Waals surface area contributed by atoms with Crippen LogP contribution in [0.2, 0.25) is 0 Å². The van der Waals surface area contributed by atoms with E-state index in [0.717, 1.165) is 25.7 Å². The first kappa shape index (κ1) is 36.5. The smallest absolute Gasteiger partial charge is 0.589 e. The van der Waals surface area contributed by atoms with Gasteiger partial charge in [-0.1, -0.05) is 168 Å². The summed E-state index contributed by atoms with van der Waals surface area (Å²) in [4.78, 5) is 23.6. The molecule has 0 fully saturated rings. The van der Waals surface area contributed by atoms with Gasteiger partial charge in [0.05, 0.1) is 0 Å². The summed E-state index contributed by atoms with van der Waals surface area (Å²) >= 11 is -0.996. The fourth-order valence-corrected chi connectivity index (χ4v) is 5.32. The molecule has 0 spiro atoms. The molecule has 0 bridgehead atoms. The van der Waals surface area contributed by atoms with E-state index in [0.29, 0.717) is 12.8 Å². The van der Waals surface area contributed by atoms with Crippen molar-refractivity contribution in [3.05, 3.63) is 0 Å². The fourth-order valence-electron chi connectivity index (χ4n) is 4.82. The van der Waals surface area contributed by atoms with Crippen LogP contribution in [-0.4, -0.2) is 27.8 Å². The summed E-state index contributed by atoms with van der Waals surface area (Å²) in [5, 5.41) is 0. The average Bonchev–Trinajstić information content (AvgIpc) is 2.89. The second-order valence-corrected chi connectivity index (χ2v) is 11.7. The van der Waals surface area contributed by atoms with E-state index in [1.165, 1.54) is 141 Å². The lowest BCUT2D eigenvalue weighted by molar-refractivity contribution is -0.139. The van der Waals surface area contributed by atoms with E-state index in [2.05, 4.69) is 13.8 Å². The van der Waals surface area contributed by atoms with E-state index >= 15 is 0 Å². The minimum atomic E-state index is -0.996. The van der Waals surface area contributed by atoms with Gasteiger partial charge in [0.25, 0.3) is 11.9 Å². The first-order chi connectivity index (χ1) is 18.2. The average molecular weight is 538 g/mol. The zero-order chi connectivity index (χ0) is 27.1. The summed E-state index contributed by atoms with van der Waals surface area (Å²) in [5.74, 6) is -0.433. The van der Waals surface area contributed by atoms with Gasteiger partial charge in [-0.3, -0.25) is 9.59 Å². The van der Waals surface area contributed by atoms with Gasteiger partial charge < -0.3 is 7.58 Å². The molecule has 37 heavy (non-hydrogen) atoms. The van der Waals surface area contributed by atoms with Crippen molar-refractivity contribution in [1.82, 2.24) is 0 Å². The molecular weight excluding hydrogens is 475 g/mol. The summed E-state index contributed by atoms with van der Waals surface area (Å²) in [6, 6.07) is 0. The topological polar surface area (TPSA) is 52.6 Å². The second kappa shape index (κ2) is 31.7. The highest BCUT2D eigenvalue weighted by Gasteiger charge is 2.13. The first-order valence-corrected chi connectivity index (χ1v) is 17.4. The van der Waals surface area contributed by atoms with Crippen molar-refractivity contribution in [1.29, 1.82) is 0 Å². The van der Waals surface area contributed by atoms with E-state index < -0.39 is 15.9 Å². The molecular formula is C32H62AlO4. The molecule has 0 amide bonds. The second-order valence-electron chi connectivity index (χ2n) is 11.1. The number of carbonyl (C=O) groups is 2. The van der Waals surface area contributed by atoms with Gasteiger partial charge in [-0.15, -0.1) is 0 Å². The Balaban J connectivity index is 3.27. The van der Waals surface area contributed by atoms with Gasteiger partial charge >= 0.3 is 15.9 Å². The summed E-state index contributed by atoms with van der Waals surface area (Å²) in [5.41, 5.74) is 0. The van der Waals surface area contributed by atoms with Crippen LogP contribution in [0.3, 0.4) is 0 Å². The molecule has 0 saturated carbocycles. The highest BCUT2D eigenvalue weighted by atomic mass is 27.2.